The zero-order valence-electron chi connectivity index (χ0n) is 21.3. The van der Waals surface area contributed by atoms with Crippen LogP contribution in [0.1, 0.15) is 59.3 Å². The van der Waals surface area contributed by atoms with E-state index in [2.05, 4.69) is 13.0 Å². The molecule has 38 heavy (non-hydrogen) atoms. The van der Waals surface area contributed by atoms with E-state index in [1.807, 2.05) is 49.4 Å². The maximum Gasteiger partial charge on any atom is 0.379 e. The first-order chi connectivity index (χ1) is 18.5. The molecule has 2 heterocycles. The van der Waals surface area contributed by atoms with Crippen LogP contribution in [0.15, 0.2) is 82.6 Å². The summed E-state index contributed by atoms with van der Waals surface area (Å²) in [7, 11) is 0. The highest BCUT2D eigenvalue weighted by Crippen LogP contribution is 2.46. The zero-order valence-corrected chi connectivity index (χ0v) is 21.3. The van der Waals surface area contributed by atoms with E-state index in [0.29, 0.717) is 34.8 Å². The number of rotatable bonds is 8. The Kier molecular flexibility index (Phi) is 7.05. The third-order valence-corrected chi connectivity index (χ3v) is 6.67. The minimum absolute atomic E-state index is 0.00221. The molecule has 1 unspecified atom stereocenters. The molecule has 1 aliphatic heterocycles. The van der Waals surface area contributed by atoms with E-state index in [1.54, 1.807) is 24.3 Å². The number of carbonyl (C=O) groups excluding carboxylic acids is 1. The smallest absolute Gasteiger partial charge is 0.379 e. The lowest BCUT2D eigenvalue weighted by molar-refractivity contribution is 0.0702. The first-order valence-corrected chi connectivity index (χ1v) is 12.6. The molecular formula is C31H28N2O5. The Morgan fingerprint density at radius 2 is 1.84 bits per heavy atom. The molecule has 0 radical (unpaired) electrons. The molecule has 1 aromatic heterocycles. The van der Waals surface area contributed by atoms with Crippen molar-refractivity contribution >= 4 is 16.9 Å². The van der Waals surface area contributed by atoms with Gasteiger partial charge in [0.15, 0.2) is 0 Å². The van der Waals surface area contributed by atoms with Gasteiger partial charge in [-0.05, 0) is 31.5 Å². The van der Waals surface area contributed by atoms with Gasteiger partial charge < -0.3 is 24.4 Å². The van der Waals surface area contributed by atoms with Gasteiger partial charge in [0.05, 0.1) is 12.5 Å². The van der Waals surface area contributed by atoms with Crippen molar-refractivity contribution in [3.63, 3.8) is 0 Å². The van der Waals surface area contributed by atoms with Crippen LogP contribution in [0.2, 0.25) is 0 Å². The number of unbranched alkanes of at least 4 members (excludes halogenated alkanes) is 2. The van der Waals surface area contributed by atoms with E-state index in [9.17, 15) is 10.1 Å². The molecule has 0 bridgehead atoms. The van der Waals surface area contributed by atoms with E-state index in [-0.39, 0.29) is 17.4 Å². The Balaban J connectivity index is 1.46. The molecule has 0 saturated carbocycles. The molecule has 1 aliphatic rings. The molecule has 0 fully saturated rings. The number of hydrogen-bond acceptors (Lipinski definition) is 7. The monoisotopic (exact) mass is 508 g/mol. The van der Waals surface area contributed by atoms with Crippen LogP contribution < -0.4 is 19.9 Å². The second kappa shape index (κ2) is 10.7. The van der Waals surface area contributed by atoms with Crippen LogP contribution in [0.25, 0.3) is 11.0 Å². The summed E-state index contributed by atoms with van der Waals surface area (Å²) in [4.78, 5) is 13.0. The summed E-state index contributed by atoms with van der Waals surface area (Å²) in [6.07, 6.45) is 3.12. The van der Waals surface area contributed by atoms with Crippen molar-refractivity contribution in [2.45, 2.75) is 39.0 Å². The Morgan fingerprint density at radius 3 is 2.63 bits per heavy atom. The van der Waals surface area contributed by atoms with Gasteiger partial charge in [0.1, 0.15) is 34.5 Å². The Morgan fingerprint density at radius 1 is 1.05 bits per heavy atom. The van der Waals surface area contributed by atoms with Gasteiger partial charge in [0.25, 0.3) is 0 Å². The quantitative estimate of drug-likeness (QED) is 0.159. The van der Waals surface area contributed by atoms with E-state index in [0.717, 1.165) is 35.8 Å². The summed E-state index contributed by atoms with van der Waals surface area (Å²) < 4.78 is 23.3. The average molecular weight is 509 g/mol. The first-order valence-electron chi connectivity index (χ1n) is 12.6. The van der Waals surface area contributed by atoms with Crippen molar-refractivity contribution in [1.29, 1.82) is 5.26 Å². The van der Waals surface area contributed by atoms with Crippen molar-refractivity contribution in [2.75, 3.05) is 6.61 Å². The SMILES string of the molecule is CCCCCOc1ccccc1C1C(C#N)=C(N)Oc2cc(OC(=O)c3oc4ccccc4c3C)ccc21. The third kappa shape index (κ3) is 4.69. The van der Waals surface area contributed by atoms with Gasteiger partial charge >= 0.3 is 5.97 Å². The molecule has 192 valence electrons. The van der Waals surface area contributed by atoms with Crippen molar-refractivity contribution in [2.24, 2.45) is 5.73 Å². The molecule has 4 aromatic rings. The molecule has 1 atom stereocenters. The molecular weight excluding hydrogens is 480 g/mol. The fourth-order valence-electron chi connectivity index (χ4n) is 4.73. The highest BCUT2D eigenvalue weighted by molar-refractivity contribution is 5.96. The van der Waals surface area contributed by atoms with Crippen LogP contribution in [0.4, 0.5) is 0 Å². The second-order valence-corrected chi connectivity index (χ2v) is 9.16. The fraction of sp³-hybridized carbons (Fsp3) is 0.226. The van der Waals surface area contributed by atoms with E-state index in [1.165, 1.54) is 0 Å². The summed E-state index contributed by atoms with van der Waals surface area (Å²) in [5.41, 5.74) is 9.36. The number of benzene rings is 3. The fourth-order valence-corrected chi connectivity index (χ4v) is 4.73. The number of furan rings is 1. The van der Waals surface area contributed by atoms with Crippen LogP contribution >= 0.6 is 0 Å². The lowest BCUT2D eigenvalue weighted by Gasteiger charge is -2.28. The van der Waals surface area contributed by atoms with Gasteiger partial charge in [-0.2, -0.15) is 5.26 Å². The number of nitrogens with two attached hydrogens (primary N) is 1. The molecule has 0 amide bonds. The maximum absolute atomic E-state index is 13.0. The molecule has 0 saturated heterocycles. The van der Waals surface area contributed by atoms with Gasteiger partial charge in [0, 0.05) is 28.1 Å². The first kappa shape index (κ1) is 25.0. The number of aryl methyl sites for hydroxylation is 1. The van der Waals surface area contributed by atoms with Crippen molar-refractivity contribution in [3.05, 3.63) is 101 Å². The summed E-state index contributed by atoms with van der Waals surface area (Å²) in [6.45, 7) is 4.54. The minimum Gasteiger partial charge on any atom is -0.493 e. The zero-order chi connectivity index (χ0) is 26.6. The number of esters is 1. The molecule has 5 rings (SSSR count). The largest absolute Gasteiger partial charge is 0.493 e. The maximum atomic E-state index is 13.0. The van der Waals surface area contributed by atoms with Crippen molar-refractivity contribution in [1.82, 2.24) is 0 Å². The van der Waals surface area contributed by atoms with Gasteiger partial charge in [-0.3, -0.25) is 0 Å². The van der Waals surface area contributed by atoms with Crippen LogP contribution in [-0.4, -0.2) is 12.6 Å². The van der Waals surface area contributed by atoms with E-state index in [4.69, 9.17) is 24.4 Å². The van der Waals surface area contributed by atoms with Gasteiger partial charge in [0.2, 0.25) is 11.6 Å². The standard InChI is InChI=1S/C31H28N2O5/c1-3-4-9-16-35-25-12-7-6-11-22(25)28-23-15-14-20(17-27(23)38-30(33)24(28)18-32)36-31(34)29-19(2)21-10-5-8-13-26(21)37-29/h5-8,10-15,17,28H,3-4,9,16,33H2,1-2H3. The molecule has 2 N–H and O–H groups in total. The average Bonchev–Trinajstić information content (AvgIpc) is 3.27. The minimum atomic E-state index is -0.613. The van der Waals surface area contributed by atoms with Crippen LogP contribution in [0.5, 0.6) is 17.2 Å². The molecule has 0 spiro atoms. The van der Waals surface area contributed by atoms with Crippen molar-refractivity contribution < 1.29 is 23.4 Å². The van der Waals surface area contributed by atoms with Crippen LogP contribution in [-0.2, 0) is 0 Å². The number of nitrogens with zero attached hydrogens (tertiary/aromatic N) is 1. The lowest BCUT2D eigenvalue weighted by Crippen LogP contribution is -2.21. The lowest BCUT2D eigenvalue weighted by atomic mass is 9.83. The summed E-state index contributed by atoms with van der Waals surface area (Å²) in [5, 5.41) is 10.8. The van der Waals surface area contributed by atoms with Crippen molar-refractivity contribution in [3.8, 4) is 23.3 Å². The van der Waals surface area contributed by atoms with E-state index < -0.39 is 11.9 Å². The normalized spacial score (nSPS) is 14.5. The van der Waals surface area contributed by atoms with Crippen LogP contribution in [0.3, 0.4) is 0 Å². The Labute approximate surface area is 221 Å². The summed E-state index contributed by atoms with van der Waals surface area (Å²) in [6, 6.07) is 22.3. The highest BCUT2D eigenvalue weighted by Gasteiger charge is 2.33. The summed E-state index contributed by atoms with van der Waals surface area (Å²) >= 11 is 0. The topological polar surface area (TPSA) is 108 Å². The second-order valence-electron chi connectivity index (χ2n) is 9.16. The molecule has 7 heteroatoms. The predicted molar refractivity (Wildman–Crippen MR) is 143 cm³/mol. The summed E-state index contributed by atoms with van der Waals surface area (Å²) in [5.74, 6) is 0.401. The predicted octanol–water partition coefficient (Wildman–Crippen LogP) is 6.75. The van der Waals surface area contributed by atoms with Gasteiger partial charge in [-0.1, -0.05) is 62.2 Å². The Hall–Kier alpha value is -4.70. The van der Waals surface area contributed by atoms with E-state index >= 15 is 0 Å². The van der Waals surface area contributed by atoms with Gasteiger partial charge in [-0.15, -0.1) is 0 Å². The highest BCUT2D eigenvalue weighted by atomic mass is 16.5. The number of para-hydroxylation sites is 2. The number of hydrogen-bond donors (Lipinski definition) is 1. The molecule has 7 nitrogen and oxygen atoms in total. The molecule has 0 aliphatic carbocycles. The third-order valence-electron chi connectivity index (χ3n) is 6.67. The number of nitriles is 1. The Bertz CT molecular complexity index is 1580. The number of allylic oxidation sites excluding steroid dienone is 1. The number of fused-ring (bicyclic) bond motifs is 2. The number of carbonyl (C=O) groups is 1. The number of ether oxygens (including phenoxy) is 3. The molecule has 3 aromatic carbocycles. The van der Waals surface area contributed by atoms with Crippen LogP contribution in [0, 0.1) is 18.3 Å². The van der Waals surface area contributed by atoms with Gasteiger partial charge in [-0.25, -0.2) is 4.79 Å².